The largest absolute Gasteiger partial charge is 0.300 e. The summed E-state index contributed by atoms with van der Waals surface area (Å²) in [7, 11) is 0. The Kier molecular flexibility index (Phi) is 6.84. The average Bonchev–Trinajstić information content (AvgIpc) is 2.61. The highest BCUT2D eigenvalue weighted by atomic mass is 19.1. The van der Waals surface area contributed by atoms with Crippen molar-refractivity contribution >= 4 is 0 Å². The molecule has 0 bridgehead atoms. The first kappa shape index (κ1) is 22.5. The van der Waals surface area contributed by atoms with Gasteiger partial charge in [0.15, 0.2) is 0 Å². The summed E-state index contributed by atoms with van der Waals surface area (Å²) in [6.07, 6.45) is 6.42. The van der Waals surface area contributed by atoms with Crippen LogP contribution in [0.25, 0.3) is 0 Å². The molecule has 164 valence electrons. The van der Waals surface area contributed by atoms with Gasteiger partial charge < -0.3 is 9.80 Å². The Morgan fingerprint density at radius 2 is 1.32 bits per heavy atom. The summed E-state index contributed by atoms with van der Waals surface area (Å²) in [6, 6.07) is 0.672. The fourth-order valence-corrected chi connectivity index (χ4v) is 5.71. The van der Waals surface area contributed by atoms with E-state index in [9.17, 15) is 0 Å². The van der Waals surface area contributed by atoms with E-state index in [0.717, 1.165) is 44.9 Å². The van der Waals surface area contributed by atoms with Crippen LogP contribution in [0.15, 0.2) is 0 Å². The van der Waals surface area contributed by atoms with E-state index in [1.54, 1.807) is 0 Å². The topological polar surface area (TPSA) is 9.72 Å². The predicted octanol–water partition coefficient (Wildman–Crippen LogP) is 4.81. The Labute approximate surface area is 174 Å². The van der Waals surface area contributed by atoms with Crippen molar-refractivity contribution in [3.05, 3.63) is 0 Å². The summed E-state index contributed by atoms with van der Waals surface area (Å²) >= 11 is 0. The molecular weight excluding hydrogens is 349 g/mol. The summed E-state index contributed by atoms with van der Waals surface area (Å²) in [6.45, 7) is 21.1. The summed E-state index contributed by atoms with van der Waals surface area (Å²) in [4.78, 5) is 7.62. The average molecular weight is 396 g/mol. The van der Waals surface area contributed by atoms with Crippen LogP contribution in [0.5, 0.6) is 0 Å². The molecule has 3 nitrogen and oxygen atoms in total. The van der Waals surface area contributed by atoms with Gasteiger partial charge in [-0.25, -0.2) is 4.39 Å². The van der Waals surface area contributed by atoms with Gasteiger partial charge in [-0.3, -0.25) is 4.90 Å². The lowest BCUT2D eigenvalue weighted by molar-refractivity contribution is -0.0160. The second-order valence-corrected chi connectivity index (χ2v) is 12.0. The molecule has 0 N–H and O–H groups in total. The molecule has 0 unspecified atom stereocenters. The SMILES string of the molecule is CC(C)(C)C1CCN(CC2(F)CCN(C3CCN(C(C)(C)C)CC3)CC2)CC1. The van der Waals surface area contributed by atoms with Crippen molar-refractivity contribution in [2.75, 3.05) is 45.8 Å². The van der Waals surface area contributed by atoms with Gasteiger partial charge in [-0.15, -0.1) is 0 Å². The van der Waals surface area contributed by atoms with E-state index in [4.69, 9.17) is 0 Å². The van der Waals surface area contributed by atoms with Crippen LogP contribution in [0.2, 0.25) is 0 Å². The molecule has 0 aromatic heterocycles. The zero-order valence-corrected chi connectivity index (χ0v) is 19.6. The van der Waals surface area contributed by atoms with Crippen LogP contribution >= 0.6 is 0 Å². The fraction of sp³-hybridized carbons (Fsp3) is 1.00. The second kappa shape index (κ2) is 8.51. The molecule has 0 amide bonds. The highest BCUT2D eigenvalue weighted by molar-refractivity contribution is 4.94. The third-order valence-electron chi connectivity index (χ3n) is 7.94. The number of alkyl halides is 1. The standard InChI is InChI=1S/C24H46FN3/c1-22(2,3)20-7-13-26(14-8-20)19-24(25)11-17-27(18-12-24)21-9-15-28(16-10-21)23(4,5)6/h20-21H,7-19H2,1-6H3. The molecule has 0 atom stereocenters. The highest BCUT2D eigenvalue weighted by Gasteiger charge is 2.40. The maximum Gasteiger partial charge on any atom is 0.126 e. The number of rotatable bonds is 3. The Morgan fingerprint density at radius 1 is 0.786 bits per heavy atom. The van der Waals surface area contributed by atoms with Crippen LogP contribution in [-0.2, 0) is 0 Å². The first-order valence-corrected chi connectivity index (χ1v) is 11.9. The van der Waals surface area contributed by atoms with E-state index in [-0.39, 0.29) is 5.54 Å². The molecule has 0 radical (unpaired) electrons. The summed E-state index contributed by atoms with van der Waals surface area (Å²) in [5.41, 5.74) is -0.286. The maximum atomic E-state index is 15.6. The zero-order chi connectivity index (χ0) is 20.6. The van der Waals surface area contributed by atoms with Crippen LogP contribution in [0.3, 0.4) is 0 Å². The van der Waals surface area contributed by atoms with Crippen molar-refractivity contribution in [1.82, 2.24) is 14.7 Å². The Hall–Kier alpha value is -0.190. The molecule has 0 aromatic rings. The Bertz CT molecular complexity index is 483. The summed E-state index contributed by atoms with van der Waals surface area (Å²) in [5, 5.41) is 0. The molecule has 0 aromatic carbocycles. The lowest BCUT2D eigenvalue weighted by atomic mass is 9.75. The Balaban J connectivity index is 1.41. The first-order chi connectivity index (χ1) is 13.0. The molecule has 3 aliphatic rings. The molecule has 3 fully saturated rings. The second-order valence-electron chi connectivity index (χ2n) is 12.0. The van der Waals surface area contributed by atoms with Gasteiger partial charge in [-0.05, 0) is 83.7 Å². The quantitative estimate of drug-likeness (QED) is 0.679. The third-order valence-corrected chi connectivity index (χ3v) is 7.94. The van der Waals surface area contributed by atoms with Crippen molar-refractivity contribution in [2.45, 2.75) is 97.3 Å². The van der Waals surface area contributed by atoms with Crippen molar-refractivity contribution in [3.8, 4) is 0 Å². The van der Waals surface area contributed by atoms with Gasteiger partial charge in [-0.1, -0.05) is 20.8 Å². The van der Waals surface area contributed by atoms with Crippen LogP contribution in [0.4, 0.5) is 4.39 Å². The van der Waals surface area contributed by atoms with Gasteiger partial charge in [-0.2, -0.15) is 0 Å². The minimum Gasteiger partial charge on any atom is -0.300 e. The molecule has 28 heavy (non-hydrogen) atoms. The molecule has 3 saturated heterocycles. The molecule has 0 spiro atoms. The minimum atomic E-state index is -0.961. The van der Waals surface area contributed by atoms with Crippen molar-refractivity contribution < 1.29 is 4.39 Å². The number of halogens is 1. The molecule has 4 heteroatoms. The van der Waals surface area contributed by atoms with Crippen molar-refractivity contribution in [3.63, 3.8) is 0 Å². The summed E-state index contributed by atoms with van der Waals surface area (Å²) < 4.78 is 15.6. The number of piperidine rings is 3. The van der Waals surface area contributed by atoms with Crippen LogP contribution in [0, 0.1) is 11.3 Å². The van der Waals surface area contributed by atoms with Gasteiger partial charge in [0, 0.05) is 44.3 Å². The van der Waals surface area contributed by atoms with E-state index < -0.39 is 5.67 Å². The van der Waals surface area contributed by atoms with Gasteiger partial charge in [0.05, 0.1) is 0 Å². The van der Waals surface area contributed by atoms with E-state index in [1.165, 1.54) is 38.8 Å². The normalized spacial score (nSPS) is 28.0. The molecule has 0 aliphatic carbocycles. The fourth-order valence-electron chi connectivity index (χ4n) is 5.71. The lowest BCUT2D eigenvalue weighted by Gasteiger charge is -2.47. The maximum absolute atomic E-state index is 15.6. The third kappa shape index (κ3) is 5.70. The van der Waals surface area contributed by atoms with E-state index in [2.05, 4.69) is 56.2 Å². The molecule has 0 saturated carbocycles. The summed E-state index contributed by atoms with van der Waals surface area (Å²) in [5.74, 6) is 0.792. The van der Waals surface area contributed by atoms with E-state index in [1.807, 2.05) is 0 Å². The predicted molar refractivity (Wildman–Crippen MR) is 118 cm³/mol. The first-order valence-electron chi connectivity index (χ1n) is 11.9. The van der Waals surface area contributed by atoms with Gasteiger partial charge in [0.1, 0.15) is 5.67 Å². The number of likely N-dealkylation sites (tertiary alicyclic amines) is 3. The lowest BCUT2D eigenvalue weighted by Crippen LogP contribution is -2.55. The van der Waals surface area contributed by atoms with E-state index >= 15 is 4.39 Å². The van der Waals surface area contributed by atoms with E-state index in [0.29, 0.717) is 18.0 Å². The number of hydrogen-bond donors (Lipinski definition) is 0. The molecule has 3 rings (SSSR count). The Morgan fingerprint density at radius 3 is 1.79 bits per heavy atom. The van der Waals surface area contributed by atoms with Crippen LogP contribution in [-0.4, -0.2) is 77.8 Å². The molecule has 3 aliphatic heterocycles. The van der Waals surface area contributed by atoms with Crippen LogP contribution < -0.4 is 0 Å². The van der Waals surface area contributed by atoms with Gasteiger partial charge in [0.25, 0.3) is 0 Å². The van der Waals surface area contributed by atoms with Crippen molar-refractivity contribution in [1.29, 1.82) is 0 Å². The molecule has 3 heterocycles. The monoisotopic (exact) mass is 395 g/mol. The van der Waals surface area contributed by atoms with Crippen molar-refractivity contribution in [2.24, 2.45) is 11.3 Å². The van der Waals surface area contributed by atoms with Gasteiger partial charge >= 0.3 is 0 Å². The number of nitrogens with zero attached hydrogens (tertiary/aromatic N) is 3. The number of hydrogen-bond acceptors (Lipinski definition) is 3. The van der Waals surface area contributed by atoms with Gasteiger partial charge in [0.2, 0.25) is 0 Å². The molecular formula is C24H46FN3. The minimum absolute atomic E-state index is 0.279. The smallest absolute Gasteiger partial charge is 0.126 e. The highest BCUT2D eigenvalue weighted by Crippen LogP contribution is 2.36. The van der Waals surface area contributed by atoms with Crippen LogP contribution in [0.1, 0.15) is 80.1 Å². The zero-order valence-electron chi connectivity index (χ0n) is 19.6.